The summed E-state index contributed by atoms with van der Waals surface area (Å²) in [5, 5.41) is 18.7. The quantitative estimate of drug-likeness (QED) is 0.663. The lowest BCUT2D eigenvalue weighted by molar-refractivity contribution is -0.134. The fraction of sp³-hybridized carbons (Fsp3) is 0.316. The second kappa shape index (κ2) is 6.73. The van der Waals surface area contributed by atoms with Gasteiger partial charge in [-0.3, -0.25) is 4.79 Å². The van der Waals surface area contributed by atoms with Crippen molar-refractivity contribution in [2.24, 2.45) is 0 Å². The first-order chi connectivity index (χ1) is 10.7. The Hall–Kier alpha value is -2.49. The number of carbonyl (C=O) groups excluding carboxylic acids is 1. The summed E-state index contributed by atoms with van der Waals surface area (Å²) in [4.78, 5) is 11.8. The highest BCUT2D eigenvalue weighted by atomic mass is 16.5. The maximum absolute atomic E-state index is 11.8. The molecule has 0 aliphatic heterocycles. The van der Waals surface area contributed by atoms with Gasteiger partial charge in [-0.15, -0.1) is 0 Å². The molecule has 0 aliphatic rings. The largest absolute Gasteiger partial charge is 0.508 e. The summed E-state index contributed by atoms with van der Waals surface area (Å²) in [5.41, 5.74) is 2.42. The fourth-order valence-corrected chi connectivity index (χ4v) is 2.23. The van der Waals surface area contributed by atoms with Gasteiger partial charge in [0.25, 0.3) is 0 Å². The van der Waals surface area contributed by atoms with Gasteiger partial charge in [-0.2, -0.15) is 0 Å². The van der Waals surface area contributed by atoms with E-state index in [2.05, 4.69) is 32.9 Å². The van der Waals surface area contributed by atoms with Gasteiger partial charge in [0.15, 0.2) is 0 Å². The van der Waals surface area contributed by atoms with Gasteiger partial charge in [-0.25, -0.2) is 0 Å². The van der Waals surface area contributed by atoms with Crippen molar-refractivity contribution in [3.63, 3.8) is 0 Å². The van der Waals surface area contributed by atoms with Crippen LogP contribution in [0.25, 0.3) is 0 Å². The Morgan fingerprint density at radius 2 is 1.57 bits per heavy atom. The molecule has 4 heteroatoms. The van der Waals surface area contributed by atoms with Crippen molar-refractivity contribution >= 4 is 5.97 Å². The molecule has 2 aromatic carbocycles. The molecule has 2 rings (SSSR count). The smallest absolute Gasteiger partial charge is 0.311 e. The molecule has 0 amide bonds. The SMILES string of the molecule is CC(C)(C)c1ccc(CCC(=O)Oc2cc(O)cc(O)c2)cc1. The first-order valence-electron chi connectivity index (χ1n) is 7.57. The number of aromatic hydroxyl groups is 2. The third-order valence-electron chi connectivity index (χ3n) is 3.55. The van der Waals surface area contributed by atoms with Crippen LogP contribution < -0.4 is 4.74 Å². The molecule has 0 aromatic heterocycles. The number of aryl methyl sites for hydroxylation is 1. The number of phenolic OH excluding ortho intramolecular Hbond substituents is 2. The molecule has 2 N–H and O–H groups in total. The topological polar surface area (TPSA) is 66.8 Å². The van der Waals surface area contributed by atoms with E-state index in [1.54, 1.807) is 0 Å². The van der Waals surface area contributed by atoms with Gasteiger partial charge in [-0.1, -0.05) is 45.0 Å². The van der Waals surface area contributed by atoms with Gasteiger partial charge >= 0.3 is 5.97 Å². The highest BCUT2D eigenvalue weighted by Crippen LogP contribution is 2.26. The second-order valence-corrected chi connectivity index (χ2v) is 6.61. The van der Waals surface area contributed by atoms with E-state index in [1.165, 1.54) is 23.8 Å². The van der Waals surface area contributed by atoms with E-state index >= 15 is 0 Å². The number of hydrogen-bond donors (Lipinski definition) is 2. The summed E-state index contributed by atoms with van der Waals surface area (Å²) < 4.78 is 5.12. The van der Waals surface area contributed by atoms with Gasteiger partial charge in [0.1, 0.15) is 17.2 Å². The van der Waals surface area contributed by atoms with E-state index in [4.69, 9.17) is 4.74 Å². The van der Waals surface area contributed by atoms with Gasteiger partial charge in [-0.05, 0) is 23.0 Å². The molecule has 4 nitrogen and oxygen atoms in total. The predicted molar refractivity (Wildman–Crippen MR) is 88.9 cm³/mol. The Morgan fingerprint density at radius 1 is 1.00 bits per heavy atom. The molecular weight excluding hydrogens is 292 g/mol. The number of benzene rings is 2. The predicted octanol–water partition coefficient (Wildman–Crippen LogP) is 3.93. The summed E-state index contributed by atoms with van der Waals surface area (Å²) in [6.45, 7) is 6.47. The summed E-state index contributed by atoms with van der Waals surface area (Å²) >= 11 is 0. The zero-order chi connectivity index (χ0) is 17.0. The van der Waals surface area contributed by atoms with Crippen molar-refractivity contribution in [1.82, 2.24) is 0 Å². The van der Waals surface area contributed by atoms with Crippen LogP contribution in [0.2, 0.25) is 0 Å². The number of hydrogen-bond acceptors (Lipinski definition) is 4. The van der Waals surface area contributed by atoms with E-state index in [0.29, 0.717) is 6.42 Å². The highest BCUT2D eigenvalue weighted by molar-refractivity contribution is 5.73. The van der Waals surface area contributed by atoms with E-state index < -0.39 is 5.97 Å². The molecular formula is C19H22O4. The molecule has 2 aromatic rings. The van der Waals surface area contributed by atoms with Crippen molar-refractivity contribution in [2.75, 3.05) is 0 Å². The van der Waals surface area contributed by atoms with E-state index in [0.717, 1.165) is 5.56 Å². The summed E-state index contributed by atoms with van der Waals surface area (Å²) in [6.07, 6.45) is 0.805. The second-order valence-electron chi connectivity index (χ2n) is 6.61. The van der Waals surface area contributed by atoms with Crippen LogP contribution in [0.1, 0.15) is 38.3 Å². The Labute approximate surface area is 136 Å². The third-order valence-corrected chi connectivity index (χ3v) is 3.55. The maximum atomic E-state index is 11.8. The monoisotopic (exact) mass is 314 g/mol. The first-order valence-corrected chi connectivity index (χ1v) is 7.57. The molecule has 0 radical (unpaired) electrons. The number of carbonyl (C=O) groups is 1. The summed E-state index contributed by atoms with van der Waals surface area (Å²) in [5.74, 6) is -0.568. The molecule has 0 bridgehead atoms. The van der Waals surface area contributed by atoms with Crippen LogP contribution in [0.5, 0.6) is 17.2 Å². The van der Waals surface area contributed by atoms with Crippen LogP contribution >= 0.6 is 0 Å². The standard InChI is InChI=1S/C19H22O4/c1-19(2,3)14-7-4-13(5-8-14)6-9-18(22)23-17-11-15(20)10-16(21)12-17/h4-5,7-8,10-12,20-21H,6,9H2,1-3H3. The van der Waals surface area contributed by atoms with Crippen LogP contribution in [0.15, 0.2) is 42.5 Å². The zero-order valence-electron chi connectivity index (χ0n) is 13.7. The van der Waals surface area contributed by atoms with Gasteiger partial charge in [0.2, 0.25) is 0 Å². The van der Waals surface area contributed by atoms with Crippen LogP contribution in [0.4, 0.5) is 0 Å². The van der Waals surface area contributed by atoms with Crippen molar-refractivity contribution in [2.45, 2.75) is 39.0 Å². The molecule has 0 unspecified atom stereocenters. The van der Waals surface area contributed by atoms with Crippen molar-refractivity contribution < 1.29 is 19.7 Å². The van der Waals surface area contributed by atoms with Crippen molar-refractivity contribution in [3.8, 4) is 17.2 Å². The van der Waals surface area contributed by atoms with Crippen LogP contribution in [-0.4, -0.2) is 16.2 Å². The van der Waals surface area contributed by atoms with E-state index in [-0.39, 0.29) is 29.1 Å². The lowest BCUT2D eigenvalue weighted by Crippen LogP contribution is -2.11. The number of esters is 1. The Kier molecular flexibility index (Phi) is 4.94. The molecule has 122 valence electrons. The Morgan fingerprint density at radius 3 is 2.09 bits per heavy atom. The summed E-state index contributed by atoms with van der Waals surface area (Å²) in [7, 11) is 0. The minimum Gasteiger partial charge on any atom is -0.508 e. The van der Waals surface area contributed by atoms with Crippen LogP contribution in [0.3, 0.4) is 0 Å². The van der Waals surface area contributed by atoms with Crippen molar-refractivity contribution in [3.05, 3.63) is 53.6 Å². The first kappa shape index (κ1) is 16.9. The molecule has 0 heterocycles. The van der Waals surface area contributed by atoms with Crippen molar-refractivity contribution in [1.29, 1.82) is 0 Å². The average Bonchev–Trinajstić information content (AvgIpc) is 2.43. The van der Waals surface area contributed by atoms with Crippen LogP contribution in [-0.2, 0) is 16.6 Å². The molecule has 0 fully saturated rings. The van der Waals surface area contributed by atoms with Gasteiger partial charge in [0, 0.05) is 24.6 Å². The normalized spacial score (nSPS) is 11.3. The molecule has 0 saturated carbocycles. The fourth-order valence-electron chi connectivity index (χ4n) is 2.23. The molecule has 0 atom stereocenters. The minimum atomic E-state index is -0.408. The van der Waals surface area contributed by atoms with Gasteiger partial charge < -0.3 is 14.9 Å². The average molecular weight is 314 g/mol. The maximum Gasteiger partial charge on any atom is 0.311 e. The molecule has 0 saturated heterocycles. The number of phenols is 2. The number of ether oxygens (including phenoxy) is 1. The zero-order valence-corrected chi connectivity index (χ0v) is 13.7. The molecule has 23 heavy (non-hydrogen) atoms. The third kappa shape index (κ3) is 5.02. The van der Waals surface area contributed by atoms with Gasteiger partial charge in [0.05, 0.1) is 0 Å². The van der Waals surface area contributed by atoms with Crippen LogP contribution in [0, 0.1) is 0 Å². The van der Waals surface area contributed by atoms with E-state index in [1.807, 2.05) is 12.1 Å². The Balaban J connectivity index is 1.91. The summed E-state index contributed by atoms with van der Waals surface area (Å²) in [6, 6.07) is 11.9. The molecule has 0 aliphatic carbocycles. The highest BCUT2D eigenvalue weighted by Gasteiger charge is 2.13. The molecule has 0 spiro atoms. The lowest BCUT2D eigenvalue weighted by atomic mass is 9.86. The van der Waals surface area contributed by atoms with E-state index in [9.17, 15) is 15.0 Å². The Bertz CT molecular complexity index is 661. The lowest BCUT2D eigenvalue weighted by Gasteiger charge is -2.19. The number of rotatable bonds is 4. The minimum absolute atomic E-state index is 0.106.